The number of alkyl carbamates (subject to hydrolysis) is 1. The van der Waals surface area contributed by atoms with E-state index in [1.54, 1.807) is 0 Å². The van der Waals surface area contributed by atoms with Crippen molar-refractivity contribution in [3.05, 3.63) is 108 Å². The Bertz CT molecular complexity index is 2030. The van der Waals surface area contributed by atoms with Gasteiger partial charge < -0.3 is 40.2 Å². The van der Waals surface area contributed by atoms with E-state index in [0.717, 1.165) is 51.4 Å². The van der Waals surface area contributed by atoms with Gasteiger partial charge >= 0.3 is 6.09 Å². The van der Waals surface area contributed by atoms with Crippen LogP contribution in [-0.4, -0.2) is 62.1 Å². The van der Waals surface area contributed by atoms with Crippen LogP contribution in [-0.2, 0) is 35.8 Å². The third kappa shape index (κ3) is 9.67. The molecule has 0 saturated carbocycles. The lowest BCUT2D eigenvalue weighted by molar-refractivity contribution is -0.134. The van der Waals surface area contributed by atoms with Gasteiger partial charge in [-0.3, -0.25) is 4.79 Å². The van der Waals surface area contributed by atoms with Crippen LogP contribution in [0.2, 0.25) is 0 Å². The lowest BCUT2D eigenvalue weighted by Crippen LogP contribution is -2.32. The molecular formula is C35H40N8O6. The molecular weight excluding hydrogens is 628 g/mol. The number of fused-ring (bicyclic) bond motifs is 2. The number of carboxylic acid groups (broad SMARTS) is 1. The molecule has 0 atom stereocenters. The van der Waals surface area contributed by atoms with Crippen LogP contribution in [0.3, 0.4) is 0 Å². The van der Waals surface area contributed by atoms with Crippen LogP contribution in [0, 0.1) is 0 Å². The summed E-state index contributed by atoms with van der Waals surface area (Å²) in [5.74, 6) is 0.631. The van der Waals surface area contributed by atoms with Crippen LogP contribution in [0.25, 0.3) is 33.4 Å². The Hall–Kier alpha value is -5.70. The van der Waals surface area contributed by atoms with E-state index >= 15 is 0 Å². The number of nitrogens with one attached hydrogen (secondary N) is 1. The van der Waals surface area contributed by atoms with Crippen LogP contribution in [0.5, 0.6) is 0 Å². The van der Waals surface area contributed by atoms with Crippen molar-refractivity contribution in [3.8, 4) is 11.6 Å². The number of hydrogen-bond donors (Lipinski definition) is 5. The summed E-state index contributed by atoms with van der Waals surface area (Å²) < 4.78 is 9.11. The zero-order valence-corrected chi connectivity index (χ0v) is 27.7. The zero-order valence-electron chi connectivity index (χ0n) is 27.7. The fourth-order valence-corrected chi connectivity index (χ4v) is 4.86. The molecule has 0 fully saturated rings. The van der Waals surface area contributed by atoms with E-state index in [-0.39, 0.29) is 19.8 Å². The molecule has 0 bridgehead atoms. The Morgan fingerprint density at radius 1 is 0.796 bits per heavy atom. The van der Waals surface area contributed by atoms with Crippen molar-refractivity contribution in [3.63, 3.8) is 0 Å². The molecule has 0 aliphatic rings. The number of aliphatic hydroxyl groups is 2. The number of aliphatic carboxylic acids is 1. The van der Waals surface area contributed by atoms with Crippen LogP contribution < -0.4 is 11.1 Å². The topological polar surface area (TPSA) is 204 Å². The standard InChI is InChI=1S/C19H22N4O3.C14H14N4O.C2H4O2/c1-19(2,3)26-18(25)20-10-14-9-17(22-12-21-14)23-8-7-15-13(11-24)5-4-6-16(15)23;15-7-11-6-14(17-9-16-11)18-5-4-12-10(8-19)2-1-3-13(12)18;1-2(3)4/h4-9,12,24H,10-11H2,1-3H3,(H,20,25);1-6,9,19H,7-8,15H2;1H3,(H,3,4). The number of carbonyl (C=O) groups is 2. The van der Waals surface area contributed by atoms with Crippen molar-refractivity contribution in [2.24, 2.45) is 5.73 Å². The minimum atomic E-state index is -0.833. The van der Waals surface area contributed by atoms with Crippen LogP contribution in [0.1, 0.15) is 50.2 Å². The molecule has 0 radical (unpaired) electrons. The molecule has 0 aliphatic carbocycles. The van der Waals surface area contributed by atoms with E-state index in [1.165, 1.54) is 12.7 Å². The minimum absolute atomic E-state index is 0.0177. The molecule has 256 valence electrons. The molecule has 0 unspecified atom stereocenters. The van der Waals surface area contributed by atoms with E-state index in [2.05, 4.69) is 25.3 Å². The third-order valence-electron chi connectivity index (χ3n) is 6.92. The largest absolute Gasteiger partial charge is 0.481 e. The maximum atomic E-state index is 11.8. The van der Waals surface area contributed by atoms with E-state index < -0.39 is 17.7 Å². The number of aliphatic hydroxyl groups excluding tert-OH is 2. The van der Waals surface area contributed by atoms with Gasteiger partial charge in [0.05, 0.1) is 42.2 Å². The maximum absolute atomic E-state index is 11.8. The number of rotatable bonds is 7. The predicted octanol–water partition coefficient (Wildman–Crippen LogP) is 4.40. The van der Waals surface area contributed by atoms with Gasteiger partial charge in [0, 0.05) is 48.8 Å². The number of ether oxygens (including phenoxy) is 1. The van der Waals surface area contributed by atoms with E-state index in [1.807, 2.05) is 103 Å². The van der Waals surface area contributed by atoms with Gasteiger partial charge in [0.15, 0.2) is 0 Å². The number of amides is 1. The Labute approximate surface area is 282 Å². The summed E-state index contributed by atoms with van der Waals surface area (Å²) in [6, 6.07) is 19.2. The smallest absolute Gasteiger partial charge is 0.407 e. The average Bonchev–Trinajstić information content (AvgIpc) is 3.72. The molecule has 49 heavy (non-hydrogen) atoms. The van der Waals surface area contributed by atoms with Gasteiger partial charge in [-0.05, 0) is 56.2 Å². The highest BCUT2D eigenvalue weighted by molar-refractivity contribution is 5.85. The number of carboxylic acids is 1. The van der Waals surface area contributed by atoms with Gasteiger partial charge in [0.2, 0.25) is 0 Å². The number of hydrogen-bond acceptors (Lipinski definition) is 10. The zero-order chi connectivity index (χ0) is 35.6. The molecule has 0 saturated heterocycles. The highest BCUT2D eigenvalue weighted by Crippen LogP contribution is 2.24. The molecule has 6 rings (SSSR count). The molecule has 4 aromatic heterocycles. The highest BCUT2D eigenvalue weighted by atomic mass is 16.6. The van der Waals surface area contributed by atoms with Gasteiger partial charge in [0.25, 0.3) is 5.97 Å². The van der Waals surface area contributed by atoms with Crippen molar-refractivity contribution >= 4 is 33.9 Å². The van der Waals surface area contributed by atoms with E-state index in [4.69, 9.17) is 20.4 Å². The fraction of sp³-hybridized carbons (Fsp3) is 0.257. The average molecular weight is 669 g/mol. The lowest BCUT2D eigenvalue weighted by atomic mass is 10.1. The van der Waals surface area contributed by atoms with Crippen molar-refractivity contribution < 1.29 is 29.6 Å². The van der Waals surface area contributed by atoms with E-state index in [9.17, 15) is 15.0 Å². The summed E-state index contributed by atoms with van der Waals surface area (Å²) in [5.41, 5.74) is 10.2. The third-order valence-corrected chi connectivity index (χ3v) is 6.92. The summed E-state index contributed by atoms with van der Waals surface area (Å²) in [6.07, 6.45) is 6.32. The normalized spacial score (nSPS) is 10.9. The molecule has 2 aromatic carbocycles. The molecule has 4 heterocycles. The Balaban J connectivity index is 0.000000206. The van der Waals surface area contributed by atoms with Gasteiger partial charge in [-0.15, -0.1) is 0 Å². The van der Waals surface area contributed by atoms with Gasteiger partial charge in [-0.2, -0.15) is 0 Å². The molecule has 14 nitrogen and oxygen atoms in total. The summed E-state index contributed by atoms with van der Waals surface area (Å²) in [7, 11) is 0. The van der Waals surface area contributed by atoms with Crippen molar-refractivity contribution in [2.45, 2.75) is 59.6 Å². The second-order valence-electron chi connectivity index (χ2n) is 11.7. The first-order valence-electron chi connectivity index (χ1n) is 15.3. The Morgan fingerprint density at radius 2 is 1.27 bits per heavy atom. The van der Waals surface area contributed by atoms with Crippen molar-refractivity contribution in [1.29, 1.82) is 0 Å². The molecule has 0 aliphatic heterocycles. The first-order chi connectivity index (χ1) is 23.4. The Morgan fingerprint density at radius 3 is 1.71 bits per heavy atom. The number of nitrogens with two attached hydrogens (primary N) is 1. The summed E-state index contributed by atoms with van der Waals surface area (Å²) in [5, 5.41) is 30.9. The summed E-state index contributed by atoms with van der Waals surface area (Å²) in [6.45, 7) is 7.16. The highest BCUT2D eigenvalue weighted by Gasteiger charge is 2.16. The first-order valence-corrected chi connectivity index (χ1v) is 15.3. The molecule has 0 spiro atoms. The van der Waals surface area contributed by atoms with Crippen LogP contribution in [0.15, 0.2) is 85.7 Å². The van der Waals surface area contributed by atoms with Gasteiger partial charge in [0.1, 0.15) is 29.9 Å². The van der Waals surface area contributed by atoms with Crippen LogP contribution >= 0.6 is 0 Å². The predicted molar refractivity (Wildman–Crippen MR) is 184 cm³/mol. The van der Waals surface area contributed by atoms with Gasteiger partial charge in [-0.25, -0.2) is 24.7 Å². The molecule has 6 N–H and O–H groups in total. The molecule has 6 aromatic rings. The first kappa shape index (κ1) is 36.1. The van der Waals surface area contributed by atoms with Crippen molar-refractivity contribution in [1.82, 2.24) is 34.4 Å². The number of nitrogens with zero attached hydrogens (tertiary/aromatic N) is 6. The number of carbonyl (C=O) groups excluding carboxylic acids is 1. The summed E-state index contributed by atoms with van der Waals surface area (Å²) in [4.78, 5) is 37.7. The summed E-state index contributed by atoms with van der Waals surface area (Å²) >= 11 is 0. The van der Waals surface area contributed by atoms with Gasteiger partial charge in [-0.1, -0.05) is 24.3 Å². The lowest BCUT2D eigenvalue weighted by Gasteiger charge is -2.19. The van der Waals surface area contributed by atoms with E-state index in [0.29, 0.717) is 18.1 Å². The molecule has 14 heteroatoms. The maximum Gasteiger partial charge on any atom is 0.407 e. The van der Waals surface area contributed by atoms with Crippen LogP contribution in [0.4, 0.5) is 4.79 Å². The second-order valence-corrected chi connectivity index (χ2v) is 11.7. The number of benzene rings is 2. The monoisotopic (exact) mass is 668 g/mol. The quantitative estimate of drug-likeness (QED) is 0.161. The SMILES string of the molecule is CC(=O)O.CC(C)(C)OC(=O)NCc1cc(-n2ccc3c(CO)cccc32)ncn1.NCc1cc(-n2ccc3c(CO)cccc32)ncn1. The minimum Gasteiger partial charge on any atom is -0.481 e. The Kier molecular flexibility index (Phi) is 12.1. The molecule has 1 amide bonds. The van der Waals surface area contributed by atoms with Crippen molar-refractivity contribution in [2.75, 3.05) is 0 Å². The second kappa shape index (κ2) is 16.4. The fourth-order valence-electron chi connectivity index (χ4n) is 4.86. The number of aromatic nitrogens is 6.